The zero-order valence-corrected chi connectivity index (χ0v) is 27.1. The molecular formula is C49H34N2. The van der Waals surface area contributed by atoms with Crippen LogP contribution in [0, 0.1) is 0 Å². The van der Waals surface area contributed by atoms with Gasteiger partial charge in [0.05, 0.1) is 43.9 Å². The van der Waals surface area contributed by atoms with E-state index in [1.54, 1.807) is 18.2 Å². The molecule has 51 heavy (non-hydrogen) atoms. The summed E-state index contributed by atoms with van der Waals surface area (Å²) in [5, 5.41) is 0.455. The van der Waals surface area contributed by atoms with Crippen LogP contribution < -0.4 is 0 Å². The monoisotopic (exact) mass is 662 g/mol. The highest BCUT2D eigenvalue weighted by Gasteiger charge is 2.38. The number of rotatable bonds is 6. The van der Waals surface area contributed by atoms with Crippen molar-refractivity contribution in [2.75, 3.05) is 0 Å². The summed E-state index contributed by atoms with van der Waals surface area (Å²) in [5.74, 6) is 0. The SMILES string of the molecule is [2H]c1c([2H])c([2H])c2c(c1[2H])c1cc(-n3c4c([2H])c([2H])c([2H])c([2H])c4c4c([2H])c([2H])c([2H])c([2H])c43)ccc1n2-c1cccc(C(c2ccccc2)(c2ccccc2)c2ccccc2)c1. The second kappa shape index (κ2) is 11.8. The van der Waals surface area contributed by atoms with Crippen molar-refractivity contribution in [3.63, 3.8) is 0 Å². The van der Waals surface area contributed by atoms with Crippen LogP contribution in [0.2, 0.25) is 0 Å². The number of para-hydroxylation sites is 3. The molecule has 0 amide bonds. The molecule has 0 saturated carbocycles. The summed E-state index contributed by atoms with van der Waals surface area (Å²) in [6.45, 7) is 0. The Morgan fingerprint density at radius 3 is 1.25 bits per heavy atom. The lowest BCUT2D eigenvalue weighted by Crippen LogP contribution is -2.31. The Morgan fingerprint density at radius 1 is 0.333 bits per heavy atom. The standard InChI is InChI=1S/C49H34N2/c1-4-17-35(18-5-1)49(36-19-6-2-7-20-36,37-21-8-3-9-22-37)38-23-16-24-39(33-38)50-47-30-15-12-27-43(47)44-34-40(31-32-48(44)50)51-45-28-13-10-25-41(45)42-26-11-14-29-46(42)51/h1-34H/i10D,11D,12D,13D,14D,15D,25D,26D,27D,28D,29D,30D. The molecule has 0 N–H and O–H groups in total. The van der Waals surface area contributed by atoms with Crippen molar-refractivity contribution in [2.45, 2.75) is 5.41 Å². The Kier molecular flexibility index (Phi) is 4.50. The van der Waals surface area contributed by atoms with Gasteiger partial charge in [-0.2, -0.15) is 0 Å². The topological polar surface area (TPSA) is 9.86 Å². The summed E-state index contributed by atoms with van der Waals surface area (Å²) in [5.41, 5.74) is 4.56. The van der Waals surface area contributed by atoms with Gasteiger partial charge in [-0.05, 0) is 70.7 Å². The van der Waals surface area contributed by atoms with Crippen LogP contribution in [-0.2, 0) is 5.41 Å². The summed E-state index contributed by atoms with van der Waals surface area (Å²) in [6, 6.07) is 38.1. The molecule has 0 radical (unpaired) electrons. The lowest BCUT2D eigenvalue weighted by Gasteiger charge is -2.37. The van der Waals surface area contributed by atoms with Gasteiger partial charge in [0.1, 0.15) is 0 Å². The Morgan fingerprint density at radius 2 is 0.745 bits per heavy atom. The predicted molar refractivity (Wildman–Crippen MR) is 213 cm³/mol. The molecule has 0 unspecified atom stereocenters. The predicted octanol–water partition coefficient (Wildman–Crippen LogP) is 12.3. The van der Waals surface area contributed by atoms with Gasteiger partial charge in [-0.25, -0.2) is 0 Å². The second-order valence-corrected chi connectivity index (χ2v) is 12.4. The molecule has 0 aliphatic heterocycles. The molecule has 2 aromatic heterocycles. The summed E-state index contributed by atoms with van der Waals surface area (Å²) in [4.78, 5) is 0. The van der Waals surface area contributed by atoms with Crippen molar-refractivity contribution in [2.24, 2.45) is 0 Å². The Hall–Kier alpha value is -6.64. The fourth-order valence-electron chi connectivity index (χ4n) is 7.74. The first kappa shape index (κ1) is 19.5. The molecule has 0 aliphatic carbocycles. The van der Waals surface area contributed by atoms with Crippen LogP contribution in [0.5, 0.6) is 0 Å². The third-order valence-corrected chi connectivity index (χ3v) is 9.83. The number of benzene rings is 8. The molecule has 0 aliphatic rings. The first-order valence-corrected chi connectivity index (χ1v) is 16.6. The molecule has 0 saturated heterocycles. The van der Waals surface area contributed by atoms with Crippen molar-refractivity contribution in [1.82, 2.24) is 9.13 Å². The first-order chi connectivity index (χ1) is 30.3. The van der Waals surface area contributed by atoms with Gasteiger partial charge < -0.3 is 9.13 Å². The van der Waals surface area contributed by atoms with E-state index in [1.807, 2.05) is 77.4 Å². The lowest BCUT2D eigenvalue weighted by atomic mass is 9.65. The fraction of sp³-hybridized carbons (Fsp3) is 0.0204. The average Bonchev–Trinajstić information content (AvgIpc) is 3.86. The van der Waals surface area contributed by atoms with Crippen molar-refractivity contribution < 1.29 is 16.4 Å². The van der Waals surface area contributed by atoms with E-state index in [4.69, 9.17) is 13.7 Å². The highest BCUT2D eigenvalue weighted by Crippen LogP contribution is 2.46. The molecule has 8 aromatic carbocycles. The summed E-state index contributed by atoms with van der Waals surface area (Å²) in [7, 11) is 0. The van der Waals surface area contributed by atoms with E-state index >= 15 is 0 Å². The number of aromatic nitrogens is 2. The normalized spacial score (nSPS) is 15.2. The van der Waals surface area contributed by atoms with E-state index in [2.05, 4.69) is 42.5 Å². The lowest BCUT2D eigenvalue weighted by molar-refractivity contribution is 0.744. The van der Waals surface area contributed by atoms with E-state index in [0.29, 0.717) is 16.6 Å². The van der Waals surface area contributed by atoms with Crippen LogP contribution in [0.15, 0.2) is 206 Å². The maximum atomic E-state index is 9.34. The third-order valence-electron chi connectivity index (χ3n) is 9.83. The maximum Gasteiger partial charge on any atom is 0.0702 e. The number of fused-ring (bicyclic) bond motifs is 6. The van der Waals surface area contributed by atoms with Crippen LogP contribution in [0.4, 0.5) is 0 Å². The maximum absolute atomic E-state index is 9.34. The molecule has 0 atom stereocenters. The van der Waals surface area contributed by atoms with Crippen LogP contribution in [-0.4, -0.2) is 9.13 Å². The highest BCUT2D eigenvalue weighted by molar-refractivity contribution is 6.12. The van der Waals surface area contributed by atoms with Crippen molar-refractivity contribution in [3.05, 3.63) is 228 Å². The molecule has 0 spiro atoms. The van der Waals surface area contributed by atoms with Crippen molar-refractivity contribution in [1.29, 1.82) is 0 Å². The molecule has 10 aromatic rings. The van der Waals surface area contributed by atoms with Gasteiger partial charge in [0.15, 0.2) is 0 Å². The smallest absolute Gasteiger partial charge is 0.0702 e. The molecule has 240 valence electrons. The number of nitrogens with zero attached hydrogens (tertiary/aromatic N) is 2. The fourth-order valence-corrected chi connectivity index (χ4v) is 7.74. The Bertz CT molecular complexity index is 3350. The van der Waals surface area contributed by atoms with Gasteiger partial charge in [0.2, 0.25) is 0 Å². The van der Waals surface area contributed by atoms with Crippen LogP contribution in [0.25, 0.3) is 55.0 Å². The van der Waals surface area contributed by atoms with Crippen LogP contribution in [0.3, 0.4) is 0 Å². The highest BCUT2D eigenvalue weighted by atomic mass is 15.0. The summed E-state index contributed by atoms with van der Waals surface area (Å²) in [6.07, 6.45) is 0. The van der Waals surface area contributed by atoms with Gasteiger partial charge >= 0.3 is 0 Å². The zero-order chi connectivity index (χ0) is 44.2. The third kappa shape index (κ3) is 4.43. The minimum Gasteiger partial charge on any atom is -0.309 e. The van der Waals surface area contributed by atoms with E-state index in [0.717, 1.165) is 22.3 Å². The largest absolute Gasteiger partial charge is 0.309 e. The van der Waals surface area contributed by atoms with E-state index in [1.165, 1.54) is 4.57 Å². The zero-order valence-electron chi connectivity index (χ0n) is 39.1. The van der Waals surface area contributed by atoms with Crippen molar-refractivity contribution >= 4 is 43.6 Å². The van der Waals surface area contributed by atoms with E-state index in [-0.39, 0.29) is 50.5 Å². The second-order valence-electron chi connectivity index (χ2n) is 12.4. The van der Waals surface area contributed by atoms with Crippen LogP contribution in [0.1, 0.15) is 38.7 Å². The molecule has 0 bridgehead atoms. The molecule has 2 nitrogen and oxygen atoms in total. The van der Waals surface area contributed by atoms with E-state index < -0.39 is 65.8 Å². The molecular weight excluding hydrogens is 617 g/mol. The minimum absolute atomic E-state index is 0.0558. The number of hydrogen-bond donors (Lipinski definition) is 0. The summed E-state index contributed by atoms with van der Waals surface area (Å²) < 4.78 is 109. The Labute approximate surface area is 314 Å². The van der Waals surface area contributed by atoms with Crippen LogP contribution >= 0.6 is 0 Å². The molecule has 2 heterocycles. The van der Waals surface area contributed by atoms with Gasteiger partial charge in [0.25, 0.3) is 0 Å². The quantitative estimate of drug-likeness (QED) is 0.157. The van der Waals surface area contributed by atoms with Crippen molar-refractivity contribution in [3.8, 4) is 11.4 Å². The van der Waals surface area contributed by atoms with Gasteiger partial charge in [-0.3, -0.25) is 0 Å². The number of hydrogen-bond acceptors (Lipinski definition) is 0. The summed E-state index contributed by atoms with van der Waals surface area (Å²) >= 11 is 0. The molecule has 2 heteroatoms. The minimum atomic E-state index is -0.831. The molecule has 0 fully saturated rings. The molecule has 10 rings (SSSR count). The van der Waals surface area contributed by atoms with E-state index in [9.17, 15) is 2.74 Å². The Balaban J connectivity index is 1.33. The average molecular weight is 663 g/mol. The van der Waals surface area contributed by atoms with Gasteiger partial charge in [-0.1, -0.05) is 158 Å². The first-order valence-electron chi connectivity index (χ1n) is 22.6. The van der Waals surface area contributed by atoms with Gasteiger partial charge in [0, 0.05) is 32.9 Å². The van der Waals surface area contributed by atoms with Gasteiger partial charge in [-0.15, -0.1) is 0 Å².